The molecule has 7 nitrogen and oxygen atoms in total. The number of carbonyl (C=O) groups is 2. The van der Waals surface area contributed by atoms with Crippen LogP contribution in [0.3, 0.4) is 0 Å². The third-order valence-corrected chi connectivity index (χ3v) is 6.02. The van der Waals surface area contributed by atoms with Crippen molar-refractivity contribution in [2.75, 3.05) is 43.5 Å². The summed E-state index contributed by atoms with van der Waals surface area (Å²) in [6, 6.07) is 17.1. The van der Waals surface area contributed by atoms with Crippen LogP contribution in [0.2, 0.25) is 0 Å². The maximum Gasteiger partial charge on any atom is 0.257 e. The smallest absolute Gasteiger partial charge is 0.257 e. The summed E-state index contributed by atoms with van der Waals surface area (Å²) in [5.41, 5.74) is 2.38. The average Bonchev–Trinajstić information content (AvgIpc) is 3.26. The van der Waals surface area contributed by atoms with E-state index in [2.05, 4.69) is 27.3 Å². The second kappa shape index (κ2) is 9.61. The Balaban J connectivity index is 1.28. The summed E-state index contributed by atoms with van der Waals surface area (Å²) in [4.78, 5) is 33.7. The van der Waals surface area contributed by atoms with Crippen molar-refractivity contribution in [1.29, 1.82) is 0 Å². The van der Waals surface area contributed by atoms with E-state index in [1.807, 2.05) is 28.5 Å². The van der Waals surface area contributed by atoms with Gasteiger partial charge in [-0.3, -0.25) is 14.9 Å². The number of aromatic nitrogens is 1. The fourth-order valence-electron chi connectivity index (χ4n) is 3.48. The highest BCUT2D eigenvalue weighted by molar-refractivity contribution is 7.14. The molecule has 0 aliphatic carbocycles. The number of amides is 2. The van der Waals surface area contributed by atoms with Crippen molar-refractivity contribution in [2.24, 2.45) is 0 Å². The van der Waals surface area contributed by atoms with Gasteiger partial charge in [-0.05, 0) is 36.4 Å². The minimum absolute atomic E-state index is 0.0612. The summed E-state index contributed by atoms with van der Waals surface area (Å²) < 4.78 is 5.11. The number of hydrogen-bond acceptors (Lipinski definition) is 6. The van der Waals surface area contributed by atoms with Gasteiger partial charge in [0.1, 0.15) is 5.75 Å². The number of nitrogens with one attached hydrogen (secondary N) is 1. The molecule has 2 aromatic carbocycles. The summed E-state index contributed by atoms with van der Waals surface area (Å²) in [5.74, 6) is 0.508. The van der Waals surface area contributed by atoms with Gasteiger partial charge < -0.3 is 14.5 Å². The van der Waals surface area contributed by atoms with Gasteiger partial charge in [0, 0.05) is 42.8 Å². The molecule has 0 saturated carbocycles. The van der Waals surface area contributed by atoms with E-state index in [4.69, 9.17) is 4.74 Å². The Kier molecular flexibility index (Phi) is 6.47. The van der Waals surface area contributed by atoms with Gasteiger partial charge in [-0.2, -0.15) is 0 Å². The summed E-state index contributed by atoms with van der Waals surface area (Å²) >= 11 is 1.32. The average molecular weight is 437 g/mol. The Morgan fingerprint density at radius 2 is 1.74 bits per heavy atom. The molecule has 1 N–H and O–H groups in total. The number of rotatable bonds is 6. The van der Waals surface area contributed by atoms with Gasteiger partial charge in [0.05, 0.1) is 19.2 Å². The van der Waals surface area contributed by atoms with E-state index in [0.717, 1.165) is 13.1 Å². The number of hydrogen-bond donors (Lipinski definition) is 1. The molecule has 1 aliphatic heterocycles. The number of ether oxygens (including phenoxy) is 1. The number of para-hydroxylation sites is 1. The predicted octanol–water partition coefficient (Wildman–Crippen LogP) is 3.30. The molecule has 4 rings (SSSR count). The molecule has 0 bridgehead atoms. The molecule has 1 aromatic heterocycles. The first-order valence-corrected chi connectivity index (χ1v) is 11.0. The van der Waals surface area contributed by atoms with Gasteiger partial charge in [0.25, 0.3) is 5.91 Å². The molecule has 1 fully saturated rings. The predicted molar refractivity (Wildman–Crippen MR) is 122 cm³/mol. The van der Waals surface area contributed by atoms with Gasteiger partial charge in [-0.1, -0.05) is 18.2 Å². The van der Waals surface area contributed by atoms with Crippen LogP contribution in [0.25, 0.3) is 0 Å². The number of piperazine rings is 1. The lowest BCUT2D eigenvalue weighted by Crippen LogP contribution is -2.49. The lowest BCUT2D eigenvalue weighted by molar-refractivity contribution is -0.130. The molecular weight excluding hydrogens is 412 g/mol. The Morgan fingerprint density at radius 3 is 2.42 bits per heavy atom. The fourth-order valence-corrected chi connectivity index (χ4v) is 4.18. The first kappa shape index (κ1) is 20.9. The zero-order chi connectivity index (χ0) is 21.6. The monoisotopic (exact) mass is 436 g/mol. The first-order chi connectivity index (χ1) is 15.1. The highest BCUT2D eigenvalue weighted by Crippen LogP contribution is 2.20. The van der Waals surface area contributed by atoms with Crippen molar-refractivity contribution in [1.82, 2.24) is 9.88 Å². The number of methoxy groups -OCH3 is 1. The molecule has 3 aromatic rings. The van der Waals surface area contributed by atoms with Crippen LogP contribution in [0.15, 0.2) is 60.0 Å². The molecule has 2 heterocycles. The molecular formula is C23H24N4O3S. The molecule has 0 spiro atoms. The largest absolute Gasteiger partial charge is 0.497 e. The molecule has 0 radical (unpaired) electrons. The molecule has 160 valence electrons. The van der Waals surface area contributed by atoms with Gasteiger partial charge >= 0.3 is 0 Å². The number of nitrogens with zero attached hydrogens (tertiary/aromatic N) is 3. The molecule has 0 atom stereocenters. The van der Waals surface area contributed by atoms with Crippen molar-refractivity contribution in [3.05, 3.63) is 71.2 Å². The Morgan fingerprint density at radius 1 is 1.03 bits per heavy atom. The van der Waals surface area contributed by atoms with E-state index in [1.165, 1.54) is 17.0 Å². The number of carbonyl (C=O) groups excluding carboxylic acids is 2. The van der Waals surface area contributed by atoms with E-state index in [1.54, 1.807) is 31.4 Å². The van der Waals surface area contributed by atoms with Crippen molar-refractivity contribution in [3.63, 3.8) is 0 Å². The van der Waals surface area contributed by atoms with Crippen LogP contribution in [-0.4, -0.2) is 55.0 Å². The maximum atomic E-state index is 12.7. The SMILES string of the molecule is COc1ccc(C(=O)Nc2nc(CC(=O)N3CCN(c4ccccc4)CC3)cs2)cc1. The zero-order valence-electron chi connectivity index (χ0n) is 17.3. The lowest BCUT2D eigenvalue weighted by Gasteiger charge is -2.36. The van der Waals surface area contributed by atoms with Crippen LogP contribution in [0.5, 0.6) is 5.75 Å². The van der Waals surface area contributed by atoms with Crippen LogP contribution in [-0.2, 0) is 11.2 Å². The molecule has 31 heavy (non-hydrogen) atoms. The minimum Gasteiger partial charge on any atom is -0.497 e. The molecule has 0 unspecified atom stereocenters. The van der Waals surface area contributed by atoms with Crippen molar-refractivity contribution in [2.45, 2.75) is 6.42 Å². The number of anilines is 2. The van der Waals surface area contributed by atoms with Crippen molar-refractivity contribution < 1.29 is 14.3 Å². The molecule has 8 heteroatoms. The van der Waals surface area contributed by atoms with Crippen LogP contribution >= 0.6 is 11.3 Å². The van der Waals surface area contributed by atoms with E-state index >= 15 is 0 Å². The van der Waals surface area contributed by atoms with Gasteiger partial charge in [0.15, 0.2) is 5.13 Å². The van der Waals surface area contributed by atoms with E-state index in [0.29, 0.717) is 35.2 Å². The fraction of sp³-hybridized carbons (Fsp3) is 0.261. The van der Waals surface area contributed by atoms with Gasteiger partial charge in [-0.15, -0.1) is 11.3 Å². The number of benzene rings is 2. The summed E-state index contributed by atoms with van der Waals surface area (Å²) in [5, 5.41) is 5.09. The zero-order valence-corrected chi connectivity index (χ0v) is 18.1. The summed E-state index contributed by atoms with van der Waals surface area (Å²) in [7, 11) is 1.58. The standard InChI is InChI=1S/C23H24N4O3S/c1-30-20-9-7-17(8-10-20)22(29)25-23-24-18(16-31-23)15-21(28)27-13-11-26(12-14-27)19-5-3-2-4-6-19/h2-10,16H,11-15H2,1H3,(H,24,25,29). The topological polar surface area (TPSA) is 74.8 Å². The first-order valence-electron chi connectivity index (χ1n) is 10.1. The highest BCUT2D eigenvalue weighted by atomic mass is 32.1. The third kappa shape index (κ3) is 5.21. The van der Waals surface area contributed by atoms with Crippen LogP contribution in [0.4, 0.5) is 10.8 Å². The van der Waals surface area contributed by atoms with Gasteiger partial charge in [0.2, 0.25) is 5.91 Å². The van der Waals surface area contributed by atoms with Crippen LogP contribution in [0, 0.1) is 0 Å². The van der Waals surface area contributed by atoms with Gasteiger partial charge in [-0.25, -0.2) is 4.98 Å². The summed E-state index contributed by atoms with van der Waals surface area (Å²) in [6.07, 6.45) is 0.236. The third-order valence-electron chi connectivity index (χ3n) is 5.21. The van der Waals surface area contributed by atoms with Crippen LogP contribution < -0.4 is 15.0 Å². The van der Waals surface area contributed by atoms with Crippen molar-refractivity contribution in [3.8, 4) is 5.75 Å². The Hall–Kier alpha value is -3.39. The number of thiazole rings is 1. The maximum absolute atomic E-state index is 12.7. The van der Waals surface area contributed by atoms with E-state index < -0.39 is 0 Å². The molecule has 2 amide bonds. The second-order valence-electron chi connectivity index (χ2n) is 7.21. The normalized spacial score (nSPS) is 13.7. The molecule has 1 aliphatic rings. The lowest BCUT2D eigenvalue weighted by atomic mass is 10.2. The molecule has 1 saturated heterocycles. The summed E-state index contributed by atoms with van der Waals surface area (Å²) in [6.45, 7) is 3.02. The minimum atomic E-state index is -0.244. The van der Waals surface area contributed by atoms with Crippen molar-refractivity contribution >= 4 is 34.0 Å². The quantitative estimate of drug-likeness (QED) is 0.642. The van der Waals surface area contributed by atoms with Crippen LogP contribution in [0.1, 0.15) is 16.1 Å². The highest BCUT2D eigenvalue weighted by Gasteiger charge is 2.22. The van der Waals surface area contributed by atoms with E-state index in [-0.39, 0.29) is 18.2 Å². The Labute approximate surface area is 185 Å². The van der Waals surface area contributed by atoms with E-state index in [9.17, 15) is 9.59 Å². The Bertz CT molecular complexity index is 1030. The second-order valence-corrected chi connectivity index (χ2v) is 8.06.